The molecule has 0 aliphatic carbocycles. The van der Waals surface area contributed by atoms with Crippen molar-refractivity contribution in [2.24, 2.45) is 0 Å². The summed E-state index contributed by atoms with van der Waals surface area (Å²) < 4.78 is 4.87. The first-order valence-corrected chi connectivity index (χ1v) is 5.48. The summed E-state index contributed by atoms with van der Waals surface area (Å²) in [6, 6.07) is 3.10. The Morgan fingerprint density at radius 3 is 2.76 bits per heavy atom. The van der Waals surface area contributed by atoms with Gasteiger partial charge in [-0.15, -0.1) is 0 Å². The monoisotopic (exact) mass is 255 g/mol. The van der Waals surface area contributed by atoms with Crippen molar-refractivity contribution < 1.29 is 14.0 Å². The maximum absolute atomic E-state index is 11.4. The molecule has 0 radical (unpaired) electrons. The Morgan fingerprint density at radius 1 is 1.41 bits per heavy atom. The smallest absolute Gasteiger partial charge is 0.293 e. The third-order valence-corrected chi connectivity index (χ3v) is 1.97. The van der Waals surface area contributed by atoms with Gasteiger partial charge in [-0.25, -0.2) is 0 Å². The van der Waals surface area contributed by atoms with E-state index in [-0.39, 0.29) is 16.8 Å². The van der Waals surface area contributed by atoms with Crippen LogP contribution in [0.4, 0.5) is 0 Å². The van der Waals surface area contributed by atoms with E-state index in [2.05, 4.69) is 16.2 Å². The highest BCUT2D eigenvalue weighted by Gasteiger charge is 2.10. The molecule has 1 aromatic heterocycles. The molecule has 0 unspecified atom stereocenters. The van der Waals surface area contributed by atoms with Crippen LogP contribution in [0.3, 0.4) is 0 Å². The first-order valence-electron chi connectivity index (χ1n) is 5.07. The Hall–Kier alpha value is -1.89. The zero-order valence-corrected chi connectivity index (χ0v) is 10.1. The molecule has 1 rings (SSSR count). The predicted molar refractivity (Wildman–Crippen MR) is 65.0 cm³/mol. The average Bonchev–Trinajstić information content (AvgIpc) is 2.80. The van der Waals surface area contributed by atoms with Gasteiger partial charge in [0.15, 0.2) is 10.9 Å². The van der Waals surface area contributed by atoms with Gasteiger partial charge in [0.25, 0.3) is 5.91 Å². The Labute approximate surface area is 104 Å². The van der Waals surface area contributed by atoms with Crippen molar-refractivity contribution in [3.05, 3.63) is 24.2 Å². The lowest BCUT2D eigenvalue weighted by Crippen LogP contribution is -2.48. The van der Waals surface area contributed by atoms with Crippen LogP contribution >= 0.6 is 12.2 Å². The summed E-state index contributed by atoms with van der Waals surface area (Å²) in [5, 5.41) is 2.36. The van der Waals surface area contributed by atoms with Crippen molar-refractivity contribution in [1.82, 2.24) is 16.2 Å². The molecular weight excluding hydrogens is 242 g/mol. The van der Waals surface area contributed by atoms with Gasteiger partial charge in [0.2, 0.25) is 5.91 Å². The van der Waals surface area contributed by atoms with E-state index in [1.54, 1.807) is 6.07 Å². The van der Waals surface area contributed by atoms with Gasteiger partial charge in [0.1, 0.15) is 0 Å². The third-order valence-electron chi connectivity index (χ3n) is 1.76. The molecule has 0 saturated carbocycles. The van der Waals surface area contributed by atoms with E-state index in [1.165, 1.54) is 12.3 Å². The van der Waals surface area contributed by atoms with Crippen molar-refractivity contribution in [1.29, 1.82) is 0 Å². The number of carbonyl (C=O) groups excluding carboxylic acids is 2. The SMILES string of the molecule is CCCC(=O)NNC(=S)NC(=O)c1ccco1. The van der Waals surface area contributed by atoms with Gasteiger partial charge in [-0.2, -0.15) is 0 Å². The molecule has 92 valence electrons. The molecule has 2 amide bonds. The van der Waals surface area contributed by atoms with Crippen LogP contribution in [-0.2, 0) is 4.79 Å². The Bertz CT molecular complexity index is 403. The highest BCUT2D eigenvalue weighted by Crippen LogP contribution is 1.98. The molecule has 1 aromatic rings. The Kier molecular flexibility index (Phi) is 5.15. The summed E-state index contributed by atoms with van der Waals surface area (Å²) >= 11 is 4.81. The van der Waals surface area contributed by atoms with Crippen LogP contribution in [-0.4, -0.2) is 16.9 Å². The molecule has 6 nitrogen and oxygen atoms in total. The summed E-state index contributed by atoms with van der Waals surface area (Å²) in [7, 11) is 0. The second-order valence-corrected chi connectivity index (χ2v) is 3.59. The molecule has 0 bridgehead atoms. The molecule has 0 aromatic carbocycles. The maximum atomic E-state index is 11.4. The van der Waals surface area contributed by atoms with Crippen molar-refractivity contribution in [3.8, 4) is 0 Å². The number of hydrogen-bond donors (Lipinski definition) is 3. The fraction of sp³-hybridized carbons (Fsp3) is 0.300. The highest BCUT2D eigenvalue weighted by molar-refractivity contribution is 7.80. The van der Waals surface area contributed by atoms with Crippen molar-refractivity contribution >= 4 is 29.1 Å². The van der Waals surface area contributed by atoms with E-state index in [4.69, 9.17) is 16.6 Å². The van der Waals surface area contributed by atoms with Gasteiger partial charge in [-0.05, 0) is 30.8 Å². The minimum atomic E-state index is -0.475. The van der Waals surface area contributed by atoms with Gasteiger partial charge in [0.05, 0.1) is 6.26 Å². The molecule has 0 aliphatic rings. The first kappa shape index (κ1) is 13.2. The van der Waals surface area contributed by atoms with E-state index < -0.39 is 5.91 Å². The van der Waals surface area contributed by atoms with Gasteiger partial charge in [-0.1, -0.05) is 6.92 Å². The highest BCUT2D eigenvalue weighted by atomic mass is 32.1. The average molecular weight is 255 g/mol. The molecule has 0 fully saturated rings. The largest absolute Gasteiger partial charge is 0.459 e. The fourth-order valence-electron chi connectivity index (χ4n) is 1.02. The van der Waals surface area contributed by atoms with E-state index in [0.717, 1.165) is 6.42 Å². The van der Waals surface area contributed by atoms with Crippen LogP contribution in [0.5, 0.6) is 0 Å². The normalized spacial score (nSPS) is 9.47. The third kappa shape index (κ3) is 4.64. The van der Waals surface area contributed by atoms with Gasteiger partial charge in [0, 0.05) is 6.42 Å². The molecular formula is C10H13N3O3S. The Morgan fingerprint density at radius 2 is 2.18 bits per heavy atom. The second kappa shape index (κ2) is 6.64. The van der Waals surface area contributed by atoms with Gasteiger partial charge < -0.3 is 4.42 Å². The second-order valence-electron chi connectivity index (χ2n) is 3.18. The zero-order chi connectivity index (χ0) is 12.7. The number of hydrazine groups is 1. The maximum Gasteiger partial charge on any atom is 0.293 e. The van der Waals surface area contributed by atoms with E-state index in [9.17, 15) is 9.59 Å². The predicted octanol–water partition coefficient (Wildman–Crippen LogP) is 0.715. The van der Waals surface area contributed by atoms with Crippen LogP contribution in [0.25, 0.3) is 0 Å². The minimum absolute atomic E-state index is 0.0100. The van der Waals surface area contributed by atoms with Crippen molar-refractivity contribution in [2.75, 3.05) is 0 Å². The summed E-state index contributed by atoms with van der Waals surface area (Å²) in [5.74, 6) is -0.520. The lowest BCUT2D eigenvalue weighted by molar-refractivity contribution is -0.121. The Balaban J connectivity index is 2.30. The molecule has 17 heavy (non-hydrogen) atoms. The quantitative estimate of drug-likeness (QED) is 0.547. The number of rotatable bonds is 3. The number of thiocarbonyl (C=S) groups is 1. The number of carbonyl (C=O) groups is 2. The van der Waals surface area contributed by atoms with Crippen LogP contribution in [0.2, 0.25) is 0 Å². The zero-order valence-electron chi connectivity index (χ0n) is 9.28. The minimum Gasteiger partial charge on any atom is -0.459 e. The van der Waals surface area contributed by atoms with Crippen LogP contribution in [0.15, 0.2) is 22.8 Å². The molecule has 1 heterocycles. The number of furan rings is 1. The van der Waals surface area contributed by atoms with E-state index in [0.29, 0.717) is 6.42 Å². The molecule has 0 spiro atoms. The van der Waals surface area contributed by atoms with Gasteiger partial charge >= 0.3 is 0 Å². The number of amides is 2. The standard InChI is InChI=1S/C10H13N3O3S/c1-2-4-8(14)12-13-10(17)11-9(15)7-5-3-6-16-7/h3,5-6H,2,4H2,1H3,(H,12,14)(H2,11,13,15,17). The van der Waals surface area contributed by atoms with Crippen LogP contribution in [0.1, 0.15) is 30.3 Å². The molecule has 0 aliphatic heterocycles. The summed E-state index contributed by atoms with van der Waals surface area (Å²) in [6.07, 6.45) is 2.51. The van der Waals surface area contributed by atoms with Crippen LogP contribution in [0, 0.1) is 0 Å². The molecule has 0 saturated heterocycles. The van der Waals surface area contributed by atoms with E-state index in [1.807, 2.05) is 6.92 Å². The lowest BCUT2D eigenvalue weighted by Gasteiger charge is -2.09. The topological polar surface area (TPSA) is 83.4 Å². The summed E-state index contributed by atoms with van der Waals surface area (Å²) in [4.78, 5) is 22.5. The molecule has 3 N–H and O–H groups in total. The van der Waals surface area contributed by atoms with Crippen molar-refractivity contribution in [2.45, 2.75) is 19.8 Å². The fourth-order valence-corrected chi connectivity index (χ4v) is 1.16. The lowest BCUT2D eigenvalue weighted by atomic mass is 10.3. The summed E-state index contributed by atoms with van der Waals surface area (Å²) in [5.41, 5.74) is 4.78. The molecule has 0 atom stereocenters. The van der Waals surface area contributed by atoms with E-state index >= 15 is 0 Å². The number of hydrogen-bond acceptors (Lipinski definition) is 4. The first-order chi connectivity index (χ1) is 8.13. The van der Waals surface area contributed by atoms with Crippen molar-refractivity contribution in [3.63, 3.8) is 0 Å². The molecule has 7 heteroatoms. The summed E-state index contributed by atoms with van der Waals surface area (Å²) in [6.45, 7) is 1.89. The number of nitrogens with one attached hydrogen (secondary N) is 3. The van der Waals surface area contributed by atoms with Gasteiger partial charge in [-0.3, -0.25) is 25.8 Å². The van der Waals surface area contributed by atoms with Crippen LogP contribution < -0.4 is 16.2 Å².